The second-order valence-corrected chi connectivity index (χ2v) is 8.04. The molecule has 1 aromatic rings. The molecule has 2 N–H and O–H groups in total. The summed E-state index contributed by atoms with van der Waals surface area (Å²) in [5.74, 6) is 0. The minimum Gasteiger partial charge on any atom is -0.308 e. The van der Waals surface area contributed by atoms with Gasteiger partial charge in [0.25, 0.3) is 0 Å². The molecule has 0 radical (unpaired) electrons. The summed E-state index contributed by atoms with van der Waals surface area (Å²) < 4.78 is 25.1. The van der Waals surface area contributed by atoms with Crippen LogP contribution in [0.5, 0.6) is 0 Å². The van der Waals surface area contributed by atoms with Crippen LogP contribution in [0.4, 0.5) is 0 Å². The van der Waals surface area contributed by atoms with E-state index in [9.17, 15) is 8.42 Å². The van der Waals surface area contributed by atoms with Crippen LogP contribution >= 0.6 is 23.2 Å². The highest BCUT2D eigenvalue weighted by Gasteiger charge is 2.23. The highest BCUT2D eigenvalue weighted by Crippen LogP contribution is 2.29. The topological polar surface area (TPSA) is 58.2 Å². The Balaban J connectivity index is 2.72. The molecule has 20 heavy (non-hydrogen) atoms. The van der Waals surface area contributed by atoms with E-state index < -0.39 is 15.6 Å². The summed E-state index contributed by atoms with van der Waals surface area (Å²) in [6.45, 7) is 6.04. The predicted molar refractivity (Wildman–Crippen MR) is 84.9 cm³/mol. The first-order chi connectivity index (χ1) is 9.02. The summed E-state index contributed by atoms with van der Waals surface area (Å²) in [5, 5.41) is 4.28. The minimum atomic E-state index is -3.25. The van der Waals surface area contributed by atoms with Gasteiger partial charge in [-0.25, -0.2) is 13.1 Å². The van der Waals surface area contributed by atoms with Crippen LogP contribution < -0.4 is 10.0 Å². The maximum absolute atomic E-state index is 11.3. The molecule has 0 aromatic heterocycles. The summed E-state index contributed by atoms with van der Waals surface area (Å²) in [6, 6.07) is 5.42. The van der Waals surface area contributed by atoms with Crippen molar-refractivity contribution < 1.29 is 8.42 Å². The van der Waals surface area contributed by atoms with Crippen LogP contribution in [0, 0.1) is 0 Å². The first kappa shape index (κ1) is 17.7. The average molecular weight is 339 g/mol. The minimum absolute atomic E-state index is 0.0400. The molecule has 7 heteroatoms. The van der Waals surface area contributed by atoms with Crippen LogP contribution in [0.1, 0.15) is 32.4 Å². The van der Waals surface area contributed by atoms with Crippen LogP contribution in [-0.2, 0) is 10.0 Å². The fraction of sp³-hybridized carbons (Fsp3) is 0.538. The number of nitrogens with one attached hydrogen (secondary N) is 2. The van der Waals surface area contributed by atoms with Gasteiger partial charge in [0.2, 0.25) is 10.0 Å². The number of sulfonamides is 1. The van der Waals surface area contributed by atoms with Gasteiger partial charge in [-0.3, -0.25) is 0 Å². The molecule has 0 bridgehead atoms. The smallest absolute Gasteiger partial charge is 0.209 e. The summed E-state index contributed by atoms with van der Waals surface area (Å²) >= 11 is 12.1. The van der Waals surface area contributed by atoms with E-state index >= 15 is 0 Å². The Hall–Kier alpha value is -0.330. The molecule has 0 aliphatic rings. The third-order valence-electron chi connectivity index (χ3n) is 2.76. The van der Waals surface area contributed by atoms with Crippen molar-refractivity contribution in [2.45, 2.75) is 32.4 Å². The monoisotopic (exact) mass is 338 g/mol. The molecule has 0 fully saturated rings. The quantitative estimate of drug-likeness (QED) is 0.838. The van der Waals surface area contributed by atoms with Crippen LogP contribution in [0.2, 0.25) is 10.0 Å². The van der Waals surface area contributed by atoms with Gasteiger partial charge in [0, 0.05) is 18.1 Å². The first-order valence-corrected chi connectivity index (χ1v) is 8.83. The number of hydrogen-bond acceptors (Lipinski definition) is 3. The highest BCUT2D eigenvalue weighted by atomic mass is 35.5. The molecule has 1 aromatic carbocycles. The summed E-state index contributed by atoms with van der Waals surface area (Å²) in [5.41, 5.74) is 0.293. The third kappa shape index (κ3) is 5.58. The second-order valence-electron chi connectivity index (χ2n) is 5.50. The number of hydrogen-bond donors (Lipinski definition) is 2. The zero-order chi connectivity index (χ0) is 15.6. The average Bonchev–Trinajstić information content (AvgIpc) is 2.27. The molecule has 1 rings (SSSR count). The predicted octanol–water partition coefficient (Wildman–Crippen LogP) is 2.97. The molecule has 4 nitrogen and oxygen atoms in total. The number of benzene rings is 1. The van der Waals surface area contributed by atoms with Gasteiger partial charge in [-0.15, -0.1) is 0 Å². The van der Waals surface area contributed by atoms with E-state index in [1.165, 1.54) is 0 Å². The van der Waals surface area contributed by atoms with Crippen LogP contribution in [-0.4, -0.2) is 26.8 Å². The lowest BCUT2D eigenvalue weighted by molar-refractivity contribution is 0.399. The molecule has 1 unspecified atom stereocenters. The summed E-state index contributed by atoms with van der Waals surface area (Å²) in [4.78, 5) is 0. The van der Waals surface area contributed by atoms with E-state index in [4.69, 9.17) is 23.2 Å². The van der Waals surface area contributed by atoms with Crippen molar-refractivity contribution in [3.63, 3.8) is 0 Å². The Morgan fingerprint density at radius 3 is 2.45 bits per heavy atom. The van der Waals surface area contributed by atoms with Crippen molar-refractivity contribution in [1.29, 1.82) is 0 Å². The van der Waals surface area contributed by atoms with Gasteiger partial charge in [-0.2, -0.15) is 0 Å². The normalized spacial score (nSPS) is 14.3. The SMILES string of the molecule is CC(NCC(C)(C)NS(C)(=O)=O)c1cccc(Cl)c1Cl. The van der Waals surface area contributed by atoms with Crippen LogP contribution in [0.25, 0.3) is 0 Å². The lowest BCUT2D eigenvalue weighted by Gasteiger charge is -2.28. The fourth-order valence-electron chi connectivity index (χ4n) is 1.91. The van der Waals surface area contributed by atoms with Crippen molar-refractivity contribution in [3.05, 3.63) is 33.8 Å². The Labute approximate surface area is 130 Å². The van der Waals surface area contributed by atoms with Gasteiger partial charge in [0.05, 0.1) is 16.3 Å². The van der Waals surface area contributed by atoms with Gasteiger partial charge in [0.1, 0.15) is 0 Å². The second kappa shape index (κ2) is 6.62. The van der Waals surface area contributed by atoms with Gasteiger partial charge in [-0.1, -0.05) is 35.3 Å². The molecular weight excluding hydrogens is 319 g/mol. The van der Waals surface area contributed by atoms with E-state index in [1.54, 1.807) is 6.07 Å². The maximum Gasteiger partial charge on any atom is 0.209 e. The molecule has 0 spiro atoms. The molecule has 114 valence electrons. The van der Waals surface area contributed by atoms with Crippen molar-refractivity contribution >= 4 is 33.2 Å². The molecule has 0 amide bonds. The highest BCUT2D eigenvalue weighted by molar-refractivity contribution is 7.88. The molecule has 1 atom stereocenters. The molecular formula is C13H20Cl2N2O2S. The Morgan fingerprint density at radius 2 is 1.90 bits per heavy atom. The van der Waals surface area contributed by atoms with E-state index in [0.29, 0.717) is 16.6 Å². The van der Waals surface area contributed by atoms with E-state index in [1.807, 2.05) is 32.9 Å². The summed E-state index contributed by atoms with van der Waals surface area (Å²) in [7, 11) is -3.25. The standard InChI is InChI=1S/C13H20Cl2N2O2S/c1-9(10-6-5-7-11(14)12(10)15)16-8-13(2,3)17-20(4,18)19/h5-7,9,16-17H,8H2,1-4H3. The zero-order valence-electron chi connectivity index (χ0n) is 12.0. The van der Waals surface area contributed by atoms with Crippen LogP contribution in [0.3, 0.4) is 0 Å². The molecule has 0 saturated carbocycles. The molecule has 0 heterocycles. The maximum atomic E-state index is 11.3. The van der Waals surface area contributed by atoms with Crippen LogP contribution in [0.15, 0.2) is 18.2 Å². The van der Waals surface area contributed by atoms with Crippen molar-refractivity contribution in [3.8, 4) is 0 Å². The van der Waals surface area contributed by atoms with E-state index in [-0.39, 0.29) is 6.04 Å². The molecule has 0 saturated heterocycles. The first-order valence-electron chi connectivity index (χ1n) is 6.18. The van der Waals surface area contributed by atoms with E-state index in [2.05, 4.69) is 10.0 Å². The van der Waals surface area contributed by atoms with Gasteiger partial charge >= 0.3 is 0 Å². The number of rotatable bonds is 6. The lowest BCUT2D eigenvalue weighted by atomic mass is 10.0. The Bertz CT molecular complexity index is 574. The molecule has 0 aliphatic heterocycles. The van der Waals surface area contributed by atoms with E-state index in [0.717, 1.165) is 11.8 Å². The zero-order valence-corrected chi connectivity index (χ0v) is 14.3. The van der Waals surface area contributed by atoms with Crippen molar-refractivity contribution in [1.82, 2.24) is 10.0 Å². The molecule has 0 aliphatic carbocycles. The number of halogens is 2. The summed E-state index contributed by atoms with van der Waals surface area (Å²) in [6.07, 6.45) is 1.14. The lowest BCUT2D eigenvalue weighted by Crippen LogP contribution is -2.50. The van der Waals surface area contributed by atoms with Gasteiger partial charge in [-0.05, 0) is 32.4 Å². The van der Waals surface area contributed by atoms with Gasteiger partial charge in [0.15, 0.2) is 0 Å². The third-order valence-corrected chi connectivity index (χ3v) is 4.52. The van der Waals surface area contributed by atoms with Crippen molar-refractivity contribution in [2.75, 3.05) is 12.8 Å². The fourth-order valence-corrected chi connectivity index (χ4v) is 3.46. The van der Waals surface area contributed by atoms with Gasteiger partial charge < -0.3 is 5.32 Å². The van der Waals surface area contributed by atoms with Crippen molar-refractivity contribution in [2.24, 2.45) is 0 Å². The Kier molecular flexibility index (Phi) is 5.87. The largest absolute Gasteiger partial charge is 0.308 e. The Morgan fingerprint density at radius 1 is 1.30 bits per heavy atom.